The zero-order valence-corrected chi connectivity index (χ0v) is 9.96. The summed E-state index contributed by atoms with van der Waals surface area (Å²) in [5, 5.41) is 3.09. The lowest BCUT2D eigenvalue weighted by molar-refractivity contribution is -0.122. The highest BCUT2D eigenvalue weighted by molar-refractivity contribution is 5.76. The van der Waals surface area contributed by atoms with Crippen molar-refractivity contribution >= 4 is 5.91 Å². The monoisotopic (exact) mass is 212 g/mol. The second-order valence-electron chi connectivity index (χ2n) is 4.95. The Morgan fingerprint density at radius 3 is 2.53 bits per heavy atom. The average molecular weight is 212 g/mol. The van der Waals surface area contributed by atoms with Crippen molar-refractivity contribution in [2.24, 2.45) is 17.6 Å². The molecule has 3 heteroatoms. The second kappa shape index (κ2) is 6.11. The van der Waals surface area contributed by atoms with Crippen LogP contribution in [0, 0.1) is 11.8 Å². The van der Waals surface area contributed by atoms with Gasteiger partial charge in [-0.05, 0) is 38.1 Å². The fourth-order valence-corrected chi connectivity index (χ4v) is 2.29. The van der Waals surface area contributed by atoms with Gasteiger partial charge in [-0.2, -0.15) is 0 Å². The topological polar surface area (TPSA) is 55.1 Å². The minimum Gasteiger partial charge on any atom is -0.353 e. The quantitative estimate of drug-likeness (QED) is 0.728. The van der Waals surface area contributed by atoms with Gasteiger partial charge in [0.15, 0.2) is 0 Å². The Hall–Kier alpha value is -0.570. The van der Waals surface area contributed by atoms with Gasteiger partial charge in [-0.25, -0.2) is 0 Å². The molecule has 0 aromatic heterocycles. The highest BCUT2D eigenvalue weighted by atomic mass is 16.1. The Labute approximate surface area is 92.8 Å². The van der Waals surface area contributed by atoms with Gasteiger partial charge in [0.05, 0.1) is 0 Å². The molecule has 0 aliphatic heterocycles. The van der Waals surface area contributed by atoms with Crippen LogP contribution in [-0.4, -0.2) is 18.5 Å². The van der Waals surface area contributed by atoms with Crippen molar-refractivity contribution in [1.82, 2.24) is 5.32 Å². The lowest BCUT2D eigenvalue weighted by Gasteiger charge is -2.21. The molecule has 1 unspecified atom stereocenters. The van der Waals surface area contributed by atoms with E-state index in [1.54, 1.807) is 0 Å². The predicted molar refractivity (Wildman–Crippen MR) is 62.4 cm³/mol. The smallest absolute Gasteiger partial charge is 0.220 e. The van der Waals surface area contributed by atoms with Gasteiger partial charge in [-0.15, -0.1) is 0 Å². The number of carbonyl (C=O) groups is 1. The lowest BCUT2D eigenvalue weighted by atomic mass is 9.99. The normalized spacial score (nSPS) is 21.3. The summed E-state index contributed by atoms with van der Waals surface area (Å²) < 4.78 is 0. The molecule has 0 spiro atoms. The van der Waals surface area contributed by atoms with Crippen LogP contribution >= 0.6 is 0 Å². The maximum atomic E-state index is 11.6. The molecule has 1 fully saturated rings. The highest BCUT2D eigenvalue weighted by Gasteiger charge is 2.22. The maximum absolute atomic E-state index is 11.6. The molecular weight excluding hydrogens is 188 g/mol. The van der Waals surface area contributed by atoms with E-state index in [9.17, 15) is 4.79 Å². The van der Waals surface area contributed by atoms with Crippen molar-refractivity contribution in [2.45, 2.75) is 52.0 Å². The van der Waals surface area contributed by atoms with Crippen LogP contribution in [0.15, 0.2) is 0 Å². The van der Waals surface area contributed by atoms with Crippen LogP contribution in [0.3, 0.4) is 0 Å². The summed E-state index contributed by atoms with van der Waals surface area (Å²) in [4.78, 5) is 11.6. The first-order chi connectivity index (χ1) is 7.13. The SMILES string of the molecule is CC(CN)CC(=O)N[C@@H](C)C1CCCC1. The molecule has 1 amide bonds. The molecule has 0 aromatic carbocycles. The maximum Gasteiger partial charge on any atom is 0.220 e. The van der Waals surface area contributed by atoms with Gasteiger partial charge < -0.3 is 11.1 Å². The van der Waals surface area contributed by atoms with E-state index in [1.807, 2.05) is 6.92 Å². The predicted octanol–water partition coefficient (Wildman–Crippen LogP) is 1.67. The molecule has 3 N–H and O–H groups in total. The van der Waals surface area contributed by atoms with Gasteiger partial charge in [-0.1, -0.05) is 19.8 Å². The largest absolute Gasteiger partial charge is 0.353 e. The van der Waals surface area contributed by atoms with Crippen LogP contribution < -0.4 is 11.1 Å². The van der Waals surface area contributed by atoms with Crippen molar-refractivity contribution in [1.29, 1.82) is 0 Å². The number of rotatable bonds is 5. The van der Waals surface area contributed by atoms with E-state index in [2.05, 4.69) is 12.2 Å². The van der Waals surface area contributed by atoms with Gasteiger partial charge in [0.1, 0.15) is 0 Å². The zero-order valence-electron chi connectivity index (χ0n) is 9.96. The van der Waals surface area contributed by atoms with Gasteiger partial charge in [0.2, 0.25) is 5.91 Å². The molecule has 2 atom stereocenters. The molecule has 0 bridgehead atoms. The van der Waals surface area contributed by atoms with E-state index >= 15 is 0 Å². The standard InChI is InChI=1S/C12H24N2O/c1-9(8-13)7-12(15)14-10(2)11-5-3-4-6-11/h9-11H,3-8,13H2,1-2H3,(H,14,15)/t9?,10-/m0/s1. The minimum atomic E-state index is 0.160. The van der Waals surface area contributed by atoms with Crippen molar-refractivity contribution in [3.8, 4) is 0 Å². The Kier molecular flexibility index (Phi) is 5.09. The summed E-state index contributed by atoms with van der Waals surface area (Å²) in [7, 11) is 0. The molecule has 15 heavy (non-hydrogen) atoms. The molecule has 1 aliphatic rings. The number of nitrogens with one attached hydrogen (secondary N) is 1. The van der Waals surface area contributed by atoms with Crippen LogP contribution in [0.1, 0.15) is 46.0 Å². The van der Waals surface area contributed by atoms with Gasteiger partial charge in [0, 0.05) is 12.5 Å². The number of nitrogens with two attached hydrogens (primary N) is 1. The van der Waals surface area contributed by atoms with Crippen LogP contribution in [0.25, 0.3) is 0 Å². The number of amides is 1. The van der Waals surface area contributed by atoms with Crippen molar-refractivity contribution in [3.63, 3.8) is 0 Å². The Morgan fingerprint density at radius 2 is 2.00 bits per heavy atom. The third-order valence-corrected chi connectivity index (χ3v) is 3.43. The minimum absolute atomic E-state index is 0.160. The molecule has 0 aromatic rings. The Bertz CT molecular complexity index is 200. The summed E-state index contributed by atoms with van der Waals surface area (Å²) in [5.74, 6) is 1.15. The van der Waals surface area contributed by atoms with Gasteiger partial charge in [-0.3, -0.25) is 4.79 Å². The summed E-state index contributed by atoms with van der Waals surface area (Å²) in [6.45, 7) is 4.73. The van der Waals surface area contributed by atoms with E-state index in [4.69, 9.17) is 5.73 Å². The van der Waals surface area contributed by atoms with E-state index in [0.717, 1.165) is 0 Å². The van der Waals surface area contributed by atoms with Crippen LogP contribution in [0.4, 0.5) is 0 Å². The van der Waals surface area contributed by atoms with E-state index in [0.29, 0.717) is 30.8 Å². The molecule has 1 rings (SSSR count). The third-order valence-electron chi connectivity index (χ3n) is 3.43. The number of carbonyl (C=O) groups excluding carboxylic acids is 1. The summed E-state index contributed by atoms with van der Waals surface area (Å²) in [5.41, 5.74) is 5.49. The summed E-state index contributed by atoms with van der Waals surface area (Å²) >= 11 is 0. The molecular formula is C12H24N2O. The van der Waals surface area contributed by atoms with Crippen molar-refractivity contribution < 1.29 is 4.79 Å². The first-order valence-corrected chi connectivity index (χ1v) is 6.13. The first kappa shape index (κ1) is 12.5. The molecule has 0 heterocycles. The Balaban J connectivity index is 2.24. The van der Waals surface area contributed by atoms with Crippen molar-refractivity contribution in [2.75, 3.05) is 6.54 Å². The van der Waals surface area contributed by atoms with Crippen molar-refractivity contribution in [3.05, 3.63) is 0 Å². The third kappa shape index (κ3) is 4.20. The summed E-state index contributed by atoms with van der Waals surface area (Å²) in [6, 6.07) is 0.338. The fourth-order valence-electron chi connectivity index (χ4n) is 2.29. The highest BCUT2D eigenvalue weighted by Crippen LogP contribution is 2.27. The van der Waals surface area contributed by atoms with Gasteiger partial charge >= 0.3 is 0 Å². The second-order valence-corrected chi connectivity index (χ2v) is 4.95. The molecule has 0 radical (unpaired) electrons. The molecule has 3 nitrogen and oxygen atoms in total. The van der Waals surface area contributed by atoms with E-state index in [-0.39, 0.29) is 5.91 Å². The number of hydrogen-bond acceptors (Lipinski definition) is 2. The van der Waals surface area contributed by atoms with Gasteiger partial charge in [0.25, 0.3) is 0 Å². The first-order valence-electron chi connectivity index (χ1n) is 6.13. The molecule has 0 saturated heterocycles. The van der Waals surface area contributed by atoms with Crippen LogP contribution in [-0.2, 0) is 4.79 Å². The molecule has 1 saturated carbocycles. The average Bonchev–Trinajstić information content (AvgIpc) is 2.70. The van der Waals surface area contributed by atoms with Crippen LogP contribution in [0.2, 0.25) is 0 Å². The Morgan fingerprint density at radius 1 is 1.40 bits per heavy atom. The van der Waals surface area contributed by atoms with E-state index in [1.165, 1.54) is 25.7 Å². The van der Waals surface area contributed by atoms with Crippen LogP contribution in [0.5, 0.6) is 0 Å². The molecule has 1 aliphatic carbocycles. The lowest BCUT2D eigenvalue weighted by Crippen LogP contribution is -2.38. The fraction of sp³-hybridized carbons (Fsp3) is 0.917. The zero-order chi connectivity index (χ0) is 11.3. The summed E-state index contributed by atoms with van der Waals surface area (Å²) in [6.07, 6.45) is 5.75. The molecule has 88 valence electrons. The van der Waals surface area contributed by atoms with E-state index < -0.39 is 0 Å². The number of hydrogen-bond donors (Lipinski definition) is 2.